The second-order valence-corrected chi connectivity index (χ2v) is 5.03. The smallest absolute Gasteiger partial charge is 0.315 e. The van der Waals surface area contributed by atoms with Crippen molar-refractivity contribution in [3.63, 3.8) is 0 Å². The van der Waals surface area contributed by atoms with Gasteiger partial charge in [0.2, 0.25) is 0 Å². The quantitative estimate of drug-likeness (QED) is 0.738. The van der Waals surface area contributed by atoms with Crippen LogP contribution < -0.4 is 10.6 Å². The lowest BCUT2D eigenvalue weighted by atomic mass is 9.84. The summed E-state index contributed by atoms with van der Waals surface area (Å²) in [6.45, 7) is 2.25. The third-order valence-corrected chi connectivity index (χ3v) is 3.61. The topological polar surface area (TPSA) is 41.1 Å². The van der Waals surface area contributed by atoms with Gasteiger partial charge in [0, 0.05) is 12.1 Å². The number of hydrogen-bond acceptors (Lipinski definition) is 1. The van der Waals surface area contributed by atoms with E-state index in [-0.39, 0.29) is 6.03 Å². The van der Waals surface area contributed by atoms with Crippen molar-refractivity contribution in [1.29, 1.82) is 0 Å². The number of carbonyl (C=O) groups is 1. The minimum absolute atomic E-state index is 0.0549. The highest BCUT2D eigenvalue weighted by molar-refractivity contribution is 5.74. The van der Waals surface area contributed by atoms with E-state index in [1.165, 1.54) is 25.7 Å². The van der Waals surface area contributed by atoms with Gasteiger partial charge in [0.05, 0.1) is 0 Å². The predicted molar refractivity (Wildman–Crippen MR) is 60.7 cm³/mol. The van der Waals surface area contributed by atoms with Gasteiger partial charge in [-0.05, 0) is 31.6 Å². The molecule has 2 amide bonds. The summed E-state index contributed by atoms with van der Waals surface area (Å²) in [6.07, 6.45) is 8.53. The predicted octanol–water partition coefficient (Wildman–Crippen LogP) is 2.42. The van der Waals surface area contributed by atoms with Crippen LogP contribution in [0.15, 0.2) is 0 Å². The summed E-state index contributed by atoms with van der Waals surface area (Å²) in [5.41, 5.74) is 0. The van der Waals surface area contributed by atoms with Crippen LogP contribution in [0.25, 0.3) is 0 Å². The summed E-state index contributed by atoms with van der Waals surface area (Å²) in [5, 5.41) is 6.09. The van der Waals surface area contributed by atoms with E-state index in [4.69, 9.17) is 0 Å². The third-order valence-electron chi connectivity index (χ3n) is 3.61. The van der Waals surface area contributed by atoms with E-state index >= 15 is 0 Å². The molecule has 0 radical (unpaired) electrons. The molecule has 2 aliphatic rings. The second-order valence-electron chi connectivity index (χ2n) is 5.03. The van der Waals surface area contributed by atoms with Crippen molar-refractivity contribution >= 4 is 6.03 Å². The van der Waals surface area contributed by atoms with Crippen molar-refractivity contribution in [3.8, 4) is 0 Å². The van der Waals surface area contributed by atoms with E-state index in [2.05, 4.69) is 17.6 Å². The molecule has 0 aromatic rings. The first-order valence-corrected chi connectivity index (χ1v) is 6.35. The molecule has 15 heavy (non-hydrogen) atoms. The van der Waals surface area contributed by atoms with Gasteiger partial charge in [0.25, 0.3) is 0 Å². The van der Waals surface area contributed by atoms with Crippen LogP contribution in [0.2, 0.25) is 0 Å². The summed E-state index contributed by atoms with van der Waals surface area (Å²) >= 11 is 0. The Morgan fingerprint density at radius 3 is 2.53 bits per heavy atom. The molecule has 2 aliphatic carbocycles. The molecule has 0 aromatic carbocycles. The second kappa shape index (κ2) is 4.86. The molecule has 0 aliphatic heterocycles. The maximum Gasteiger partial charge on any atom is 0.315 e. The molecular weight excluding hydrogens is 188 g/mol. The summed E-state index contributed by atoms with van der Waals surface area (Å²) in [5.74, 6) is 0.824. The largest absolute Gasteiger partial charge is 0.335 e. The molecule has 3 nitrogen and oxygen atoms in total. The standard InChI is InChI=1S/C12H22N2O/c1-2-9-4-3-5-11(8-9)14-12(15)13-10-6-7-10/h9-11H,2-8H2,1H3,(H2,13,14,15). The molecular formula is C12H22N2O. The van der Waals surface area contributed by atoms with E-state index in [0.717, 1.165) is 25.2 Å². The van der Waals surface area contributed by atoms with Crippen LogP contribution in [0.1, 0.15) is 51.9 Å². The number of rotatable bonds is 3. The van der Waals surface area contributed by atoms with Crippen LogP contribution >= 0.6 is 0 Å². The maximum atomic E-state index is 11.5. The Morgan fingerprint density at radius 1 is 1.13 bits per heavy atom. The molecule has 0 aromatic heterocycles. The summed E-state index contributed by atoms with van der Waals surface area (Å²) < 4.78 is 0. The van der Waals surface area contributed by atoms with Gasteiger partial charge in [-0.3, -0.25) is 0 Å². The molecule has 0 saturated heterocycles. The number of carbonyl (C=O) groups excluding carboxylic acids is 1. The highest BCUT2D eigenvalue weighted by Crippen LogP contribution is 2.26. The Bertz CT molecular complexity index is 226. The van der Waals surface area contributed by atoms with Crippen molar-refractivity contribution in [2.45, 2.75) is 64.0 Å². The van der Waals surface area contributed by atoms with Crippen LogP contribution in [0.5, 0.6) is 0 Å². The summed E-state index contributed by atoms with van der Waals surface area (Å²) in [6, 6.07) is 0.942. The number of nitrogens with one attached hydrogen (secondary N) is 2. The molecule has 0 heterocycles. The maximum absolute atomic E-state index is 11.5. The zero-order valence-electron chi connectivity index (χ0n) is 9.59. The van der Waals surface area contributed by atoms with Gasteiger partial charge in [-0.25, -0.2) is 4.79 Å². The fourth-order valence-electron chi connectivity index (χ4n) is 2.43. The Morgan fingerprint density at radius 2 is 1.87 bits per heavy atom. The Labute approximate surface area is 92.0 Å². The van der Waals surface area contributed by atoms with Crippen molar-refractivity contribution in [2.24, 2.45) is 5.92 Å². The van der Waals surface area contributed by atoms with Gasteiger partial charge in [0.1, 0.15) is 0 Å². The Balaban J connectivity index is 1.70. The van der Waals surface area contributed by atoms with E-state index in [9.17, 15) is 4.79 Å². The van der Waals surface area contributed by atoms with Gasteiger partial charge < -0.3 is 10.6 Å². The van der Waals surface area contributed by atoms with Crippen LogP contribution in [0, 0.1) is 5.92 Å². The van der Waals surface area contributed by atoms with Crippen molar-refractivity contribution in [3.05, 3.63) is 0 Å². The molecule has 2 N–H and O–H groups in total. The first-order valence-electron chi connectivity index (χ1n) is 6.35. The van der Waals surface area contributed by atoms with Gasteiger partial charge in [-0.1, -0.05) is 26.2 Å². The average Bonchev–Trinajstić information content (AvgIpc) is 3.02. The first-order chi connectivity index (χ1) is 7.28. The van der Waals surface area contributed by atoms with E-state index in [0.29, 0.717) is 12.1 Å². The third kappa shape index (κ3) is 3.40. The Hall–Kier alpha value is -0.730. The number of amides is 2. The normalized spacial score (nSPS) is 31.0. The van der Waals surface area contributed by atoms with Crippen LogP contribution in [0.3, 0.4) is 0 Å². The van der Waals surface area contributed by atoms with Gasteiger partial charge in [-0.2, -0.15) is 0 Å². The summed E-state index contributed by atoms with van der Waals surface area (Å²) in [7, 11) is 0. The zero-order valence-corrected chi connectivity index (χ0v) is 9.59. The minimum atomic E-state index is 0.0549. The highest BCUT2D eigenvalue weighted by atomic mass is 16.2. The SMILES string of the molecule is CCC1CCCC(NC(=O)NC2CC2)C1. The lowest BCUT2D eigenvalue weighted by molar-refractivity contribution is 0.224. The summed E-state index contributed by atoms with van der Waals surface area (Å²) in [4.78, 5) is 11.5. The van der Waals surface area contributed by atoms with Crippen LogP contribution in [-0.2, 0) is 0 Å². The monoisotopic (exact) mass is 210 g/mol. The molecule has 2 saturated carbocycles. The fraction of sp³-hybridized carbons (Fsp3) is 0.917. The molecule has 2 atom stereocenters. The van der Waals surface area contributed by atoms with Crippen molar-refractivity contribution in [1.82, 2.24) is 10.6 Å². The fourth-order valence-corrected chi connectivity index (χ4v) is 2.43. The van der Waals surface area contributed by atoms with Crippen LogP contribution in [0.4, 0.5) is 4.79 Å². The van der Waals surface area contributed by atoms with E-state index < -0.39 is 0 Å². The van der Waals surface area contributed by atoms with Crippen LogP contribution in [-0.4, -0.2) is 18.1 Å². The van der Waals surface area contributed by atoms with Gasteiger partial charge in [-0.15, -0.1) is 0 Å². The molecule has 3 heteroatoms. The Kier molecular flexibility index (Phi) is 3.49. The molecule has 0 spiro atoms. The van der Waals surface area contributed by atoms with Crippen molar-refractivity contribution in [2.75, 3.05) is 0 Å². The number of urea groups is 1. The average molecular weight is 210 g/mol. The minimum Gasteiger partial charge on any atom is -0.335 e. The molecule has 86 valence electrons. The lowest BCUT2D eigenvalue weighted by Crippen LogP contribution is -2.44. The first kappa shape index (κ1) is 10.8. The van der Waals surface area contributed by atoms with Gasteiger partial charge in [0.15, 0.2) is 0 Å². The van der Waals surface area contributed by atoms with E-state index in [1.807, 2.05) is 0 Å². The molecule has 2 fully saturated rings. The highest BCUT2D eigenvalue weighted by Gasteiger charge is 2.26. The lowest BCUT2D eigenvalue weighted by Gasteiger charge is -2.29. The van der Waals surface area contributed by atoms with Gasteiger partial charge >= 0.3 is 6.03 Å². The van der Waals surface area contributed by atoms with Crippen molar-refractivity contribution < 1.29 is 4.79 Å². The zero-order chi connectivity index (χ0) is 10.7. The van der Waals surface area contributed by atoms with E-state index in [1.54, 1.807) is 0 Å². The molecule has 2 rings (SSSR count). The molecule has 2 unspecified atom stereocenters. The molecule has 0 bridgehead atoms. The number of hydrogen-bond donors (Lipinski definition) is 2.